The van der Waals surface area contributed by atoms with Gasteiger partial charge in [-0.15, -0.1) is 11.6 Å². The zero-order valence-electron chi connectivity index (χ0n) is 9.66. The number of nitrogens with zero attached hydrogens (tertiary/aromatic N) is 1. The van der Waals surface area contributed by atoms with E-state index < -0.39 is 0 Å². The van der Waals surface area contributed by atoms with Crippen LogP contribution in [-0.4, -0.2) is 16.2 Å². The van der Waals surface area contributed by atoms with Crippen LogP contribution in [-0.2, 0) is 0 Å². The number of ketones is 1. The molecule has 0 fully saturated rings. The molecule has 3 heteroatoms. The highest BCUT2D eigenvalue weighted by Gasteiger charge is 2.20. The molecular formula is C13H16ClNO. The van der Waals surface area contributed by atoms with Crippen molar-refractivity contribution < 1.29 is 4.79 Å². The van der Waals surface area contributed by atoms with Crippen molar-refractivity contribution in [2.75, 3.05) is 5.88 Å². The molecule has 0 bridgehead atoms. The topological polar surface area (TPSA) is 22.0 Å². The van der Waals surface area contributed by atoms with Crippen molar-refractivity contribution in [3.63, 3.8) is 0 Å². The second-order valence-corrected chi connectivity index (χ2v) is 4.58. The molecule has 0 saturated heterocycles. The van der Waals surface area contributed by atoms with E-state index in [-0.39, 0.29) is 11.7 Å². The second-order valence-electron chi connectivity index (χ2n) is 4.31. The van der Waals surface area contributed by atoms with Crippen LogP contribution in [0.1, 0.15) is 40.6 Å². The van der Waals surface area contributed by atoms with Crippen molar-refractivity contribution in [3.8, 4) is 0 Å². The molecule has 0 aromatic carbocycles. The van der Waals surface area contributed by atoms with Crippen LogP contribution in [0.15, 0.2) is 18.2 Å². The number of Topliss-reactive ketones (excluding diaryl/α,β-unsaturated/α-hetero) is 1. The van der Waals surface area contributed by atoms with E-state index in [1.54, 1.807) is 0 Å². The average molecular weight is 238 g/mol. The van der Waals surface area contributed by atoms with Gasteiger partial charge in [0.1, 0.15) is 0 Å². The van der Waals surface area contributed by atoms with Crippen molar-refractivity contribution >= 4 is 17.4 Å². The third kappa shape index (κ3) is 1.82. The quantitative estimate of drug-likeness (QED) is 0.449. The number of alkyl halides is 1. The first kappa shape index (κ1) is 11.5. The Kier molecular flexibility index (Phi) is 3.20. The lowest BCUT2D eigenvalue weighted by Crippen LogP contribution is -2.10. The number of carbonyl (C=O) groups excluding carboxylic acids is 1. The zero-order valence-corrected chi connectivity index (χ0v) is 10.4. The van der Waals surface area contributed by atoms with E-state index in [2.05, 4.69) is 23.6 Å². The molecule has 1 aromatic rings. The summed E-state index contributed by atoms with van der Waals surface area (Å²) in [7, 11) is 0. The van der Waals surface area contributed by atoms with Crippen LogP contribution in [0.5, 0.6) is 0 Å². The van der Waals surface area contributed by atoms with Crippen LogP contribution in [0, 0.1) is 13.8 Å². The Hall–Kier alpha value is -1.02. The van der Waals surface area contributed by atoms with Gasteiger partial charge in [0.2, 0.25) is 0 Å². The molecule has 0 aliphatic heterocycles. The number of allylic oxidation sites excluding steroid dienone is 2. The van der Waals surface area contributed by atoms with Gasteiger partial charge in [-0.25, -0.2) is 0 Å². The van der Waals surface area contributed by atoms with Crippen LogP contribution < -0.4 is 0 Å². The van der Waals surface area contributed by atoms with Crippen LogP contribution >= 0.6 is 11.6 Å². The average Bonchev–Trinajstić information content (AvgIpc) is 2.86. The van der Waals surface area contributed by atoms with Crippen LogP contribution in [0.2, 0.25) is 0 Å². The summed E-state index contributed by atoms with van der Waals surface area (Å²) in [4.78, 5) is 11.7. The zero-order chi connectivity index (χ0) is 11.7. The largest absolute Gasteiger partial charge is 0.345 e. The molecule has 0 amide bonds. The predicted molar refractivity (Wildman–Crippen MR) is 66.4 cm³/mol. The van der Waals surface area contributed by atoms with Gasteiger partial charge in [0.15, 0.2) is 5.78 Å². The van der Waals surface area contributed by atoms with Gasteiger partial charge in [0.25, 0.3) is 0 Å². The van der Waals surface area contributed by atoms with E-state index >= 15 is 0 Å². The van der Waals surface area contributed by atoms with Crippen molar-refractivity contribution in [2.45, 2.75) is 32.7 Å². The van der Waals surface area contributed by atoms with E-state index in [9.17, 15) is 4.79 Å². The fraction of sp³-hybridized carbons (Fsp3) is 0.462. The summed E-state index contributed by atoms with van der Waals surface area (Å²) in [5.74, 6) is 0.0831. The first-order valence-corrected chi connectivity index (χ1v) is 6.11. The molecule has 0 atom stereocenters. The monoisotopic (exact) mass is 237 g/mol. The smallest absolute Gasteiger partial charge is 0.179 e. The Morgan fingerprint density at radius 3 is 2.62 bits per heavy atom. The van der Waals surface area contributed by atoms with E-state index in [0.717, 1.165) is 29.8 Å². The summed E-state index contributed by atoms with van der Waals surface area (Å²) in [6, 6.07) is 2.44. The Bertz CT molecular complexity index is 437. The molecule has 1 aliphatic carbocycles. The normalized spacial score (nSPS) is 15.9. The molecule has 0 unspecified atom stereocenters. The predicted octanol–water partition coefficient (Wildman–Crippen LogP) is 3.42. The van der Waals surface area contributed by atoms with Gasteiger partial charge in [-0.05, 0) is 32.8 Å². The summed E-state index contributed by atoms with van der Waals surface area (Å²) in [6.07, 6.45) is 6.52. The minimum Gasteiger partial charge on any atom is -0.345 e. The lowest BCUT2D eigenvalue weighted by atomic mass is 10.1. The molecule has 0 spiro atoms. The second kappa shape index (κ2) is 4.46. The van der Waals surface area contributed by atoms with Gasteiger partial charge < -0.3 is 4.57 Å². The molecule has 1 aromatic heterocycles. The third-order valence-electron chi connectivity index (χ3n) is 3.25. The lowest BCUT2D eigenvalue weighted by Gasteiger charge is -2.17. The standard InChI is InChI=1S/C13H16ClNO/c1-9-7-12(13(16)8-14)10(2)15(9)11-5-3-4-6-11/h3-4,7,11H,5-6,8H2,1-2H3. The Morgan fingerprint density at radius 2 is 2.06 bits per heavy atom. The highest BCUT2D eigenvalue weighted by atomic mass is 35.5. The van der Waals surface area contributed by atoms with Crippen LogP contribution in [0.4, 0.5) is 0 Å². The van der Waals surface area contributed by atoms with Gasteiger partial charge in [-0.2, -0.15) is 0 Å². The van der Waals surface area contributed by atoms with Gasteiger partial charge in [0.05, 0.1) is 5.88 Å². The van der Waals surface area contributed by atoms with E-state index in [4.69, 9.17) is 11.6 Å². The Morgan fingerprint density at radius 1 is 1.44 bits per heavy atom. The minimum atomic E-state index is 0.0203. The molecule has 0 radical (unpaired) electrons. The molecule has 2 nitrogen and oxygen atoms in total. The van der Waals surface area contributed by atoms with Gasteiger partial charge in [0, 0.05) is 23.0 Å². The van der Waals surface area contributed by atoms with E-state index in [1.807, 2.05) is 13.0 Å². The van der Waals surface area contributed by atoms with Crippen LogP contribution in [0.25, 0.3) is 0 Å². The van der Waals surface area contributed by atoms with Crippen molar-refractivity contribution in [3.05, 3.63) is 35.2 Å². The maximum atomic E-state index is 11.7. The van der Waals surface area contributed by atoms with Gasteiger partial charge >= 0.3 is 0 Å². The summed E-state index contributed by atoms with van der Waals surface area (Å²) >= 11 is 5.61. The summed E-state index contributed by atoms with van der Waals surface area (Å²) < 4.78 is 2.26. The molecule has 0 N–H and O–H groups in total. The summed E-state index contributed by atoms with van der Waals surface area (Å²) in [5.41, 5.74) is 2.98. The summed E-state index contributed by atoms with van der Waals surface area (Å²) in [5, 5.41) is 0. The lowest BCUT2D eigenvalue weighted by molar-refractivity contribution is 0.102. The van der Waals surface area contributed by atoms with Gasteiger partial charge in [-0.1, -0.05) is 12.2 Å². The number of rotatable bonds is 3. The van der Waals surface area contributed by atoms with Crippen molar-refractivity contribution in [1.29, 1.82) is 0 Å². The number of halogens is 1. The highest BCUT2D eigenvalue weighted by molar-refractivity contribution is 6.30. The maximum Gasteiger partial charge on any atom is 0.179 e. The first-order chi connectivity index (χ1) is 7.65. The number of carbonyl (C=O) groups is 1. The summed E-state index contributed by atoms with van der Waals surface area (Å²) in [6.45, 7) is 4.06. The Labute approximate surface area is 101 Å². The third-order valence-corrected chi connectivity index (χ3v) is 3.50. The highest BCUT2D eigenvalue weighted by Crippen LogP contribution is 2.29. The molecule has 2 rings (SSSR count). The van der Waals surface area contributed by atoms with Gasteiger partial charge in [-0.3, -0.25) is 4.79 Å². The molecule has 86 valence electrons. The fourth-order valence-electron chi connectivity index (χ4n) is 2.51. The fourth-order valence-corrected chi connectivity index (χ4v) is 2.65. The molecular weight excluding hydrogens is 222 g/mol. The SMILES string of the molecule is Cc1cc(C(=O)CCl)c(C)n1C1CC=CC1. The molecule has 1 aliphatic rings. The number of hydrogen-bond acceptors (Lipinski definition) is 1. The Balaban J connectivity index is 2.38. The van der Waals surface area contributed by atoms with Crippen molar-refractivity contribution in [1.82, 2.24) is 4.57 Å². The first-order valence-electron chi connectivity index (χ1n) is 5.57. The number of aryl methyl sites for hydroxylation is 1. The minimum absolute atomic E-state index is 0.0203. The molecule has 16 heavy (non-hydrogen) atoms. The van der Waals surface area contributed by atoms with Crippen LogP contribution in [0.3, 0.4) is 0 Å². The van der Waals surface area contributed by atoms with E-state index in [0.29, 0.717) is 6.04 Å². The number of aromatic nitrogens is 1. The van der Waals surface area contributed by atoms with E-state index in [1.165, 1.54) is 0 Å². The molecule has 1 heterocycles. The van der Waals surface area contributed by atoms with Crippen molar-refractivity contribution in [2.24, 2.45) is 0 Å². The number of hydrogen-bond donors (Lipinski definition) is 0. The maximum absolute atomic E-state index is 11.7. The molecule has 0 saturated carbocycles.